The summed E-state index contributed by atoms with van der Waals surface area (Å²) in [6, 6.07) is 22.6. The maximum Gasteiger partial charge on any atom is 0.255 e. The molecule has 1 aliphatic heterocycles. The fourth-order valence-electron chi connectivity index (χ4n) is 3.91. The summed E-state index contributed by atoms with van der Waals surface area (Å²) >= 11 is 0. The minimum Gasteiger partial charge on any atom is -0.457 e. The van der Waals surface area contributed by atoms with Crippen molar-refractivity contribution >= 4 is 17.5 Å². The quantitative estimate of drug-likeness (QED) is 0.640. The molecule has 0 bridgehead atoms. The molecule has 0 atom stereocenters. The third-order valence-corrected chi connectivity index (χ3v) is 5.81. The van der Waals surface area contributed by atoms with Crippen molar-refractivity contribution in [3.63, 3.8) is 0 Å². The molecule has 0 aromatic heterocycles. The normalized spacial score (nSPS) is 15.2. The zero-order valence-electron chi connectivity index (χ0n) is 17.2. The minimum absolute atomic E-state index is 0.173. The summed E-state index contributed by atoms with van der Waals surface area (Å²) in [5.74, 6) is 1.77. The van der Waals surface area contributed by atoms with Gasteiger partial charge in [-0.05, 0) is 78.9 Å². The van der Waals surface area contributed by atoms with Crippen LogP contribution in [0.2, 0.25) is 0 Å². The van der Waals surface area contributed by atoms with Gasteiger partial charge in [-0.15, -0.1) is 0 Å². The summed E-state index contributed by atoms with van der Waals surface area (Å²) in [5, 5.41) is 2.97. The average Bonchev–Trinajstić information content (AvgIpc) is 3.65. The van der Waals surface area contributed by atoms with Gasteiger partial charge in [0.1, 0.15) is 11.5 Å². The minimum atomic E-state index is -0.173. The number of fused-ring (bicyclic) bond motifs is 1. The molecule has 0 saturated heterocycles. The highest BCUT2D eigenvalue weighted by Gasteiger charge is 2.34. The Hall–Kier alpha value is -3.60. The number of anilines is 1. The number of nitrogens with zero attached hydrogens (tertiary/aromatic N) is 1. The lowest BCUT2D eigenvalue weighted by Gasteiger charge is -2.29. The maximum absolute atomic E-state index is 12.7. The van der Waals surface area contributed by atoms with Gasteiger partial charge < -0.3 is 15.0 Å². The third-order valence-electron chi connectivity index (χ3n) is 5.81. The van der Waals surface area contributed by atoms with Crippen LogP contribution in [0.4, 0.5) is 5.69 Å². The molecule has 5 rings (SSSR count). The molecule has 0 spiro atoms. The number of carbonyl (C=O) groups is 2. The Morgan fingerprint density at radius 1 is 0.871 bits per heavy atom. The molecule has 5 heteroatoms. The van der Waals surface area contributed by atoms with E-state index in [4.69, 9.17) is 4.74 Å². The fourth-order valence-corrected chi connectivity index (χ4v) is 3.91. The second kappa shape index (κ2) is 8.26. The molecule has 1 heterocycles. The van der Waals surface area contributed by atoms with Crippen LogP contribution in [0.3, 0.4) is 0 Å². The van der Waals surface area contributed by atoms with E-state index >= 15 is 0 Å². The highest BCUT2D eigenvalue weighted by atomic mass is 16.5. The number of carbonyl (C=O) groups excluding carboxylic acids is 2. The summed E-state index contributed by atoms with van der Waals surface area (Å²) < 4.78 is 5.78. The van der Waals surface area contributed by atoms with Crippen LogP contribution < -0.4 is 10.1 Å². The van der Waals surface area contributed by atoms with Crippen LogP contribution in [-0.4, -0.2) is 23.3 Å². The molecule has 5 nitrogen and oxygen atoms in total. The van der Waals surface area contributed by atoms with Crippen molar-refractivity contribution < 1.29 is 14.3 Å². The summed E-state index contributed by atoms with van der Waals surface area (Å²) in [7, 11) is 0. The number of para-hydroxylation sites is 1. The number of amides is 2. The largest absolute Gasteiger partial charge is 0.457 e. The molecule has 0 radical (unpaired) electrons. The first kappa shape index (κ1) is 19.4. The SMILES string of the molecule is O=C(Nc1ccc2c(c1)CN(C(=O)C1CC1)CC2)c1ccc(Oc2ccccc2)cc1. The Morgan fingerprint density at radius 2 is 1.61 bits per heavy atom. The molecule has 1 saturated carbocycles. The lowest BCUT2D eigenvalue weighted by atomic mass is 9.98. The van der Waals surface area contributed by atoms with Crippen molar-refractivity contribution in [3.05, 3.63) is 89.5 Å². The summed E-state index contributed by atoms with van der Waals surface area (Å²) in [5.41, 5.74) is 3.67. The van der Waals surface area contributed by atoms with E-state index in [1.807, 2.05) is 47.4 Å². The molecule has 3 aromatic rings. The smallest absolute Gasteiger partial charge is 0.255 e. The van der Waals surface area contributed by atoms with E-state index in [-0.39, 0.29) is 17.7 Å². The van der Waals surface area contributed by atoms with E-state index in [0.29, 0.717) is 17.9 Å². The molecule has 3 aromatic carbocycles. The number of benzene rings is 3. The molecule has 1 aliphatic carbocycles. The number of nitrogens with one attached hydrogen (secondary N) is 1. The van der Waals surface area contributed by atoms with Gasteiger partial charge >= 0.3 is 0 Å². The number of hydrogen-bond acceptors (Lipinski definition) is 3. The van der Waals surface area contributed by atoms with E-state index in [1.165, 1.54) is 5.56 Å². The van der Waals surface area contributed by atoms with E-state index in [9.17, 15) is 9.59 Å². The van der Waals surface area contributed by atoms with Gasteiger partial charge in [0, 0.05) is 30.3 Å². The standard InChI is InChI=1S/C26H24N2O3/c29-25(19-9-12-24(13-10-19)31-23-4-2-1-3-5-23)27-22-11-8-18-14-15-28(17-21(18)16-22)26(30)20-6-7-20/h1-5,8-13,16,20H,6-7,14-15,17H2,(H,27,29). The van der Waals surface area contributed by atoms with Crippen LogP contribution in [0.15, 0.2) is 72.8 Å². The van der Waals surface area contributed by atoms with Gasteiger partial charge in [0.05, 0.1) is 0 Å². The van der Waals surface area contributed by atoms with E-state index in [0.717, 1.165) is 42.8 Å². The van der Waals surface area contributed by atoms with Crippen molar-refractivity contribution in [1.82, 2.24) is 4.90 Å². The number of ether oxygens (including phenoxy) is 1. The predicted octanol–water partition coefficient (Wildman–Crippen LogP) is 5.03. The van der Waals surface area contributed by atoms with Gasteiger partial charge in [-0.2, -0.15) is 0 Å². The van der Waals surface area contributed by atoms with Gasteiger partial charge in [-0.25, -0.2) is 0 Å². The van der Waals surface area contributed by atoms with Gasteiger partial charge in [-0.1, -0.05) is 24.3 Å². The molecule has 31 heavy (non-hydrogen) atoms. The molecule has 1 fully saturated rings. The third kappa shape index (κ3) is 4.45. The van der Waals surface area contributed by atoms with E-state index < -0.39 is 0 Å². The van der Waals surface area contributed by atoms with E-state index in [1.54, 1.807) is 24.3 Å². The Bertz CT molecular complexity index is 1110. The molecule has 0 unspecified atom stereocenters. The van der Waals surface area contributed by atoms with Gasteiger partial charge in [0.2, 0.25) is 5.91 Å². The summed E-state index contributed by atoms with van der Waals surface area (Å²) in [6.07, 6.45) is 2.91. The highest BCUT2D eigenvalue weighted by molar-refractivity contribution is 6.04. The predicted molar refractivity (Wildman–Crippen MR) is 119 cm³/mol. The monoisotopic (exact) mass is 412 g/mol. The van der Waals surface area contributed by atoms with Crippen molar-refractivity contribution in [2.24, 2.45) is 5.92 Å². The van der Waals surface area contributed by atoms with Crippen LogP contribution in [0.25, 0.3) is 0 Å². The molecular formula is C26H24N2O3. The molecule has 156 valence electrons. The maximum atomic E-state index is 12.7. The van der Waals surface area contributed by atoms with Gasteiger partial charge in [0.25, 0.3) is 5.91 Å². The zero-order chi connectivity index (χ0) is 21.2. The highest BCUT2D eigenvalue weighted by Crippen LogP contribution is 2.33. The molecule has 2 aliphatic rings. The number of rotatable bonds is 5. The number of hydrogen-bond donors (Lipinski definition) is 1. The summed E-state index contributed by atoms with van der Waals surface area (Å²) in [6.45, 7) is 1.41. The lowest BCUT2D eigenvalue weighted by Crippen LogP contribution is -2.36. The Labute approximate surface area is 181 Å². The first-order valence-electron chi connectivity index (χ1n) is 10.7. The van der Waals surface area contributed by atoms with Crippen LogP contribution in [0.1, 0.15) is 34.3 Å². The van der Waals surface area contributed by atoms with Crippen LogP contribution in [-0.2, 0) is 17.8 Å². The van der Waals surface area contributed by atoms with Crippen molar-refractivity contribution in [3.8, 4) is 11.5 Å². The Morgan fingerprint density at radius 3 is 2.35 bits per heavy atom. The Balaban J connectivity index is 1.24. The van der Waals surface area contributed by atoms with Crippen LogP contribution >= 0.6 is 0 Å². The van der Waals surface area contributed by atoms with Crippen molar-refractivity contribution in [2.45, 2.75) is 25.8 Å². The van der Waals surface area contributed by atoms with Crippen LogP contribution in [0.5, 0.6) is 11.5 Å². The first-order chi connectivity index (χ1) is 15.2. The average molecular weight is 412 g/mol. The van der Waals surface area contributed by atoms with Crippen molar-refractivity contribution in [2.75, 3.05) is 11.9 Å². The topological polar surface area (TPSA) is 58.6 Å². The Kier molecular flexibility index (Phi) is 5.16. The second-order valence-electron chi connectivity index (χ2n) is 8.16. The van der Waals surface area contributed by atoms with E-state index in [2.05, 4.69) is 11.4 Å². The van der Waals surface area contributed by atoms with Crippen LogP contribution in [0, 0.1) is 5.92 Å². The first-order valence-corrected chi connectivity index (χ1v) is 10.7. The lowest BCUT2D eigenvalue weighted by molar-refractivity contribution is -0.133. The van der Waals surface area contributed by atoms with Gasteiger partial charge in [-0.3, -0.25) is 9.59 Å². The van der Waals surface area contributed by atoms with Crippen molar-refractivity contribution in [1.29, 1.82) is 0 Å². The fraction of sp³-hybridized carbons (Fsp3) is 0.231. The molecule has 2 amide bonds. The molecular weight excluding hydrogens is 388 g/mol. The summed E-state index contributed by atoms with van der Waals surface area (Å²) in [4.78, 5) is 27.1. The molecule has 1 N–H and O–H groups in total. The zero-order valence-corrected chi connectivity index (χ0v) is 17.2. The van der Waals surface area contributed by atoms with Gasteiger partial charge in [0.15, 0.2) is 0 Å². The second-order valence-corrected chi connectivity index (χ2v) is 8.16.